The minimum absolute atomic E-state index is 0.0256. The normalized spacial score (nSPS) is 10.7. The first-order chi connectivity index (χ1) is 10.0. The van der Waals surface area contributed by atoms with Gasteiger partial charge in [-0.1, -0.05) is 11.3 Å². The maximum atomic E-state index is 13.2. The molecule has 0 aliphatic rings. The molecule has 4 nitrogen and oxygen atoms in total. The van der Waals surface area contributed by atoms with Gasteiger partial charge < -0.3 is 4.90 Å². The molecule has 2 aromatic heterocycles. The summed E-state index contributed by atoms with van der Waals surface area (Å²) in [7, 11) is 1.72. The van der Waals surface area contributed by atoms with E-state index in [9.17, 15) is 9.18 Å². The van der Waals surface area contributed by atoms with Crippen LogP contribution in [0.5, 0.6) is 0 Å². The minimum atomic E-state index is -0.412. The van der Waals surface area contributed by atoms with E-state index in [1.807, 2.05) is 6.26 Å². The zero-order valence-corrected chi connectivity index (χ0v) is 14.7. The molecule has 21 heavy (non-hydrogen) atoms. The van der Waals surface area contributed by atoms with Gasteiger partial charge >= 0.3 is 0 Å². The summed E-state index contributed by atoms with van der Waals surface area (Å²) in [5.41, 5.74) is 0.594. The lowest BCUT2D eigenvalue weighted by Gasteiger charge is -2.14. The predicted molar refractivity (Wildman–Crippen MR) is 89.4 cm³/mol. The number of pyridine rings is 1. The summed E-state index contributed by atoms with van der Waals surface area (Å²) >= 11 is 6.31. The molecule has 0 N–H and O–H groups in total. The molecule has 2 heterocycles. The van der Waals surface area contributed by atoms with Crippen molar-refractivity contribution in [3.63, 3.8) is 0 Å². The van der Waals surface area contributed by atoms with Crippen LogP contribution < -0.4 is 4.90 Å². The quantitative estimate of drug-likeness (QED) is 0.779. The van der Waals surface area contributed by atoms with E-state index in [-0.39, 0.29) is 5.91 Å². The number of hydrogen-bond donors (Lipinski definition) is 0. The second kappa shape index (κ2) is 7.33. The smallest absolute Gasteiger partial charge is 0.228 e. The van der Waals surface area contributed by atoms with Crippen LogP contribution in [0.1, 0.15) is 6.42 Å². The van der Waals surface area contributed by atoms with E-state index in [0.29, 0.717) is 26.6 Å². The van der Waals surface area contributed by atoms with Crippen molar-refractivity contribution >= 4 is 49.9 Å². The summed E-state index contributed by atoms with van der Waals surface area (Å²) in [4.78, 5) is 21.8. The summed E-state index contributed by atoms with van der Waals surface area (Å²) in [6, 6.07) is 1.37. The molecule has 112 valence electrons. The third kappa shape index (κ3) is 4.02. The van der Waals surface area contributed by atoms with Crippen LogP contribution in [0.15, 0.2) is 23.1 Å². The number of nitrogens with zero attached hydrogens (tertiary/aromatic N) is 3. The molecule has 0 fully saturated rings. The average molecular weight is 390 g/mol. The fourth-order valence-corrected chi connectivity index (χ4v) is 3.72. The van der Waals surface area contributed by atoms with Gasteiger partial charge in [-0.05, 0) is 28.3 Å². The summed E-state index contributed by atoms with van der Waals surface area (Å²) in [5.74, 6) is 0.391. The lowest BCUT2D eigenvalue weighted by Crippen LogP contribution is -2.25. The Labute approximate surface area is 138 Å². The van der Waals surface area contributed by atoms with E-state index in [0.717, 1.165) is 11.9 Å². The van der Waals surface area contributed by atoms with Crippen LogP contribution in [0.2, 0.25) is 0 Å². The maximum absolute atomic E-state index is 13.2. The Morgan fingerprint density at radius 1 is 1.52 bits per heavy atom. The topological polar surface area (TPSA) is 46.1 Å². The number of carbonyl (C=O) groups excluding carboxylic acids is 1. The number of amides is 1. The van der Waals surface area contributed by atoms with E-state index < -0.39 is 5.82 Å². The molecule has 0 radical (unpaired) electrons. The number of thiazole rings is 1. The lowest BCUT2D eigenvalue weighted by molar-refractivity contribution is -0.117. The highest BCUT2D eigenvalue weighted by molar-refractivity contribution is 9.10. The van der Waals surface area contributed by atoms with Crippen molar-refractivity contribution in [2.24, 2.45) is 0 Å². The van der Waals surface area contributed by atoms with Crippen LogP contribution in [-0.4, -0.2) is 34.9 Å². The Morgan fingerprint density at radius 2 is 2.29 bits per heavy atom. The maximum Gasteiger partial charge on any atom is 0.228 e. The number of carbonyl (C=O) groups is 1. The minimum Gasteiger partial charge on any atom is -0.305 e. The Balaban J connectivity index is 2.25. The molecule has 0 spiro atoms. The Morgan fingerprint density at radius 3 is 2.95 bits per heavy atom. The SMILES string of the molecule is CSCCC(=O)N(C)c1sc(-c2cncc(F)c2)nc1Br. The summed E-state index contributed by atoms with van der Waals surface area (Å²) in [6.45, 7) is 0. The zero-order valence-electron chi connectivity index (χ0n) is 11.5. The monoisotopic (exact) mass is 389 g/mol. The molecule has 0 aliphatic heterocycles. The van der Waals surface area contributed by atoms with Gasteiger partial charge in [-0.25, -0.2) is 9.37 Å². The number of aromatic nitrogens is 2. The second-order valence-electron chi connectivity index (χ2n) is 4.20. The van der Waals surface area contributed by atoms with Crippen molar-refractivity contribution in [2.45, 2.75) is 6.42 Å². The number of hydrogen-bond acceptors (Lipinski definition) is 5. The van der Waals surface area contributed by atoms with Crippen molar-refractivity contribution in [3.8, 4) is 10.6 Å². The first-order valence-corrected chi connectivity index (χ1v) is 9.06. The number of rotatable bonds is 5. The van der Waals surface area contributed by atoms with Crippen molar-refractivity contribution < 1.29 is 9.18 Å². The molecule has 0 saturated carbocycles. The van der Waals surface area contributed by atoms with Crippen LogP contribution in [-0.2, 0) is 4.79 Å². The van der Waals surface area contributed by atoms with E-state index in [1.54, 1.807) is 29.9 Å². The molecule has 2 aromatic rings. The molecule has 0 unspecified atom stereocenters. The molecular formula is C13H13BrFN3OS2. The van der Waals surface area contributed by atoms with Crippen LogP contribution in [0.3, 0.4) is 0 Å². The molecule has 0 saturated heterocycles. The van der Waals surface area contributed by atoms with Crippen molar-refractivity contribution in [2.75, 3.05) is 24.0 Å². The van der Waals surface area contributed by atoms with Gasteiger partial charge in [0.25, 0.3) is 0 Å². The highest BCUT2D eigenvalue weighted by Gasteiger charge is 2.19. The first-order valence-electron chi connectivity index (χ1n) is 6.05. The molecule has 0 atom stereocenters. The van der Waals surface area contributed by atoms with Gasteiger partial charge in [0.15, 0.2) is 0 Å². The van der Waals surface area contributed by atoms with Crippen LogP contribution >= 0.6 is 39.0 Å². The van der Waals surface area contributed by atoms with Gasteiger partial charge in [0, 0.05) is 31.0 Å². The first kappa shape index (κ1) is 16.4. The molecule has 0 aromatic carbocycles. The predicted octanol–water partition coefficient (Wildman–Crippen LogP) is 3.82. The lowest BCUT2D eigenvalue weighted by atomic mass is 10.3. The van der Waals surface area contributed by atoms with Crippen LogP contribution in [0.4, 0.5) is 9.39 Å². The average Bonchev–Trinajstić information content (AvgIpc) is 2.86. The zero-order chi connectivity index (χ0) is 15.4. The largest absolute Gasteiger partial charge is 0.305 e. The van der Waals surface area contributed by atoms with Gasteiger partial charge in [0.1, 0.15) is 20.4 Å². The highest BCUT2D eigenvalue weighted by atomic mass is 79.9. The third-order valence-corrected chi connectivity index (χ3v) is 5.33. The molecule has 8 heteroatoms. The van der Waals surface area contributed by atoms with Crippen LogP contribution in [0.25, 0.3) is 10.6 Å². The van der Waals surface area contributed by atoms with E-state index in [4.69, 9.17) is 0 Å². The molecule has 1 amide bonds. The second-order valence-corrected chi connectivity index (χ2v) is 6.92. The van der Waals surface area contributed by atoms with Crippen molar-refractivity contribution in [1.29, 1.82) is 0 Å². The standard InChI is InChI=1S/C13H13BrFN3OS2/c1-18(10(19)3-4-20-2)13-11(14)17-12(21-13)8-5-9(15)7-16-6-8/h5-7H,3-4H2,1-2H3. The summed E-state index contributed by atoms with van der Waals surface area (Å²) in [6.07, 6.45) is 5.13. The third-order valence-electron chi connectivity index (χ3n) is 2.72. The fourth-order valence-electron chi connectivity index (χ4n) is 1.62. The van der Waals surface area contributed by atoms with Gasteiger partial charge in [0.2, 0.25) is 5.91 Å². The van der Waals surface area contributed by atoms with Gasteiger partial charge in [-0.2, -0.15) is 11.8 Å². The van der Waals surface area contributed by atoms with E-state index in [1.165, 1.54) is 17.4 Å². The van der Waals surface area contributed by atoms with E-state index in [2.05, 4.69) is 25.9 Å². The molecule has 0 aliphatic carbocycles. The fraction of sp³-hybridized carbons (Fsp3) is 0.308. The number of halogens is 2. The number of thioether (sulfide) groups is 1. The van der Waals surface area contributed by atoms with Crippen LogP contribution in [0, 0.1) is 5.82 Å². The molecular weight excluding hydrogens is 377 g/mol. The Bertz CT molecular complexity index is 650. The van der Waals surface area contributed by atoms with Crippen molar-refractivity contribution in [1.82, 2.24) is 9.97 Å². The van der Waals surface area contributed by atoms with Crippen molar-refractivity contribution in [3.05, 3.63) is 28.9 Å². The van der Waals surface area contributed by atoms with Gasteiger partial charge in [0.05, 0.1) is 6.20 Å². The highest BCUT2D eigenvalue weighted by Crippen LogP contribution is 2.37. The summed E-state index contributed by atoms with van der Waals surface area (Å²) in [5, 5.41) is 1.33. The Kier molecular flexibility index (Phi) is 5.72. The summed E-state index contributed by atoms with van der Waals surface area (Å²) < 4.78 is 13.8. The molecule has 0 bridgehead atoms. The van der Waals surface area contributed by atoms with Gasteiger partial charge in [-0.3, -0.25) is 9.78 Å². The van der Waals surface area contributed by atoms with Gasteiger partial charge in [-0.15, -0.1) is 0 Å². The number of anilines is 1. The molecule has 2 rings (SSSR count). The van der Waals surface area contributed by atoms with E-state index >= 15 is 0 Å². The Hall–Kier alpha value is -0.990.